The quantitative estimate of drug-likeness (QED) is 0.140. The molecule has 0 aliphatic heterocycles. The summed E-state index contributed by atoms with van der Waals surface area (Å²) in [5.41, 5.74) is 2.09. The van der Waals surface area contributed by atoms with E-state index < -0.39 is 6.09 Å². The number of anilines is 1. The summed E-state index contributed by atoms with van der Waals surface area (Å²) in [4.78, 5) is 25.6. The van der Waals surface area contributed by atoms with Crippen LogP contribution in [0.5, 0.6) is 0 Å². The van der Waals surface area contributed by atoms with E-state index in [0.717, 1.165) is 23.4 Å². The number of alkyl carbamates (subject to hydrolysis) is 1. The van der Waals surface area contributed by atoms with Crippen molar-refractivity contribution in [1.82, 2.24) is 5.32 Å². The maximum absolute atomic E-state index is 12.5. The maximum atomic E-state index is 12.5. The highest BCUT2D eigenvalue weighted by Crippen LogP contribution is 2.19. The van der Waals surface area contributed by atoms with Crippen molar-refractivity contribution in [2.75, 3.05) is 18.5 Å². The summed E-state index contributed by atoms with van der Waals surface area (Å²) in [5.74, 6) is 6.11. The molecule has 3 N–H and O–H groups in total. The molecule has 0 bridgehead atoms. The van der Waals surface area contributed by atoms with Gasteiger partial charge in [0.1, 0.15) is 5.84 Å². The van der Waals surface area contributed by atoms with E-state index in [0.29, 0.717) is 29.2 Å². The molecular weight excluding hydrogens is 434 g/mol. The fraction of sp³-hybridized carbons (Fsp3) is 0.192. The first-order valence-electron chi connectivity index (χ1n) is 10.6. The van der Waals surface area contributed by atoms with Gasteiger partial charge >= 0.3 is 6.09 Å². The SMILES string of the molecule is CCCCOC(=O)NC(=N)c1ccc(NCC#Cc2ccc(C(=O)c3ccccc3)s2)cc1. The second kappa shape index (κ2) is 12.2. The number of nitrogens with one attached hydrogen (secondary N) is 3. The molecular formula is C26H25N3O3S. The Morgan fingerprint density at radius 1 is 1.00 bits per heavy atom. The Labute approximate surface area is 197 Å². The van der Waals surface area contributed by atoms with Gasteiger partial charge in [0.15, 0.2) is 0 Å². The summed E-state index contributed by atoms with van der Waals surface area (Å²) >= 11 is 1.38. The van der Waals surface area contributed by atoms with E-state index in [1.54, 1.807) is 30.3 Å². The predicted octanol–water partition coefficient (Wildman–Crippen LogP) is 5.29. The Kier molecular flexibility index (Phi) is 8.80. The van der Waals surface area contributed by atoms with E-state index in [4.69, 9.17) is 10.1 Å². The number of amidine groups is 1. The molecule has 0 unspecified atom stereocenters. The van der Waals surface area contributed by atoms with Crippen LogP contribution in [0.15, 0.2) is 66.7 Å². The molecule has 3 aromatic rings. The molecule has 6 nitrogen and oxygen atoms in total. The zero-order valence-electron chi connectivity index (χ0n) is 18.3. The van der Waals surface area contributed by atoms with Gasteiger partial charge < -0.3 is 10.1 Å². The van der Waals surface area contributed by atoms with Crippen LogP contribution in [0.1, 0.15) is 45.4 Å². The second-order valence-electron chi connectivity index (χ2n) is 7.08. The molecule has 0 saturated heterocycles. The van der Waals surface area contributed by atoms with Crippen molar-refractivity contribution in [2.45, 2.75) is 19.8 Å². The molecule has 2 aromatic carbocycles. The number of hydrogen-bond acceptors (Lipinski definition) is 6. The van der Waals surface area contributed by atoms with Crippen LogP contribution in [-0.4, -0.2) is 30.9 Å². The van der Waals surface area contributed by atoms with Crippen LogP contribution < -0.4 is 10.6 Å². The van der Waals surface area contributed by atoms with Gasteiger partial charge in [0, 0.05) is 16.8 Å². The molecule has 0 saturated carbocycles. The van der Waals surface area contributed by atoms with Crippen molar-refractivity contribution in [2.24, 2.45) is 0 Å². The number of ketones is 1. The fourth-order valence-electron chi connectivity index (χ4n) is 2.81. The zero-order valence-corrected chi connectivity index (χ0v) is 19.1. The van der Waals surface area contributed by atoms with E-state index >= 15 is 0 Å². The van der Waals surface area contributed by atoms with Gasteiger partial charge in [-0.25, -0.2) is 4.79 Å². The number of rotatable bonds is 8. The van der Waals surface area contributed by atoms with Gasteiger partial charge in [0.2, 0.25) is 5.78 Å². The largest absolute Gasteiger partial charge is 0.449 e. The highest BCUT2D eigenvalue weighted by molar-refractivity contribution is 7.14. The van der Waals surface area contributed by atoms with Gasteiger partial charge in [-0.1, -0.05) is 55.5 Å². The maximum Gasteiger partial charge on any atom is 0.412 e. The van der Waals surface area contributed by atoms with E-state index in [9.17, 15) is 9.59 Å². The zero-order chi connectivity index (χ0) is 23.5. The highest BCUT2D eigenvalue weighted by atomic mass is 32.1. The first kappa shape index (κ1) is 23.8. The number of carbonyl (C=O) groups excluding carboxylic acids is 2. The highest BCUT2D eigenvalue weighted by Gasteiger charge is 2.11. The Morgan fingerprint density at radius 2 is 1.76 bits per heavy atom. The standard InChI is InChI=1S/C26H25N3O3S/c1-2-3-18-32-26(31)29-25(27)20-11-13-21(14-12-20)28-17-7-10-22-15-16-23(33-22)24(30)19-8-5-4-6-9-19/h4-6,8-9,11-16,28H,2-3,17-18H2,1H3,(H2,27,29,31). The average Bonchev–Trinajstić information content (AvgIpc) is 3.31. The second-order valence-corrected chi connectivity index (χ2v) is 8.16. The van der Waals surface area contributed by atoms with E-state index in [1.807, 2.05) is 43.3 Å². The molecule has 0 aliphatic carbocycles. The summed E-state index contributed by atoms with van der Waals surface area (Å²) in [6.07, 6.45) is 1.11. The van der Waals surface area contributed by atoms with Gasteiger partial charge in [0.25, 0.3) is 0 Å². The lowest BCUT2D eigenvalue weighted by Crippen LogP contribution is -2.31. The van der Waals surface area contributed by atoms with Crippen LogP contribution >= 0.6 is 11.3 Å². The molecule has 0 aliphatic rings. The molecule has 1 amide bonds. The van der Waals surface area contributed by atoms with Gasteiger partial charge in [-0.2, -0.15) is 0 Å². The molecule has 33 heavy (non-hydrogen) atoms. The van der Waals surface area contributed by atoms with Gasteiger partial charge in [0.05, 0.1) is 22.9 Å². The fourth-order valence-corrected chi connectivity index (χ4v) is 3.65. The van der Waals surface area contributed by atoms with Crippen LogP contribution in [0, 0.1) is 17.3 Å². The molecule has 0 atom stereocenters. The predicted molar refractivity (Wildman–Crippen MR) is 132 cm³/mol. The Bertz CT molecular complexity index is 1160. The van der Waals surface area contributed by atoms with Gasteiger partial charge in [-0.3, -0.25) is 15.5 Å². The number of thiophene rings is 1. The molecule has 0 radical (unpaired) electrons. The Balaban J connectivity index is 1.47. The topological polar surface area (TPSA) is 91.3 Å². The lowest BCUT2D eigenvalue weighted by molar-refractivity contribution is 0.104. The van der Waals surface area contributed by atoms with Crippen molar-refractivity contribution in [1.29, 1.82) is 5.41 Å². The minimum atomic E-state index is -0.617. The minimum absolute atomic E-state index is 0.00106. The smallest absolute Gasteiger partial charge is 0.412 e. The number of amides is 1. The van der Waals surface area contributed by atoms with Crippen molar-refractivity contribution < 1.29 is 14.3 Å². The monoisotopic (exact) mass is 459 g/mol. The van der Waals surface area contributed by atoms with E-state index in [2.05, 4.69) is 22.5 Å². The number of benzene rings is 2. The third kappa shape index (κ3) is 7.34. The molecule has 168 valence electrons. The lowest BCUT2D eigenvalue weighted by Gasteiger charge is -2.09. The molecule has 0 fully saturated rings. The summed E-state index contributed by atoms with van der Waals surface area (Å²) in [5, 5.41) is 13.6. The molecule has 1 heterocycles. The Morgan fingerprint density at radius 3 is 2.48 bits per heavy atom. The van der Waals surface area contributed by atoms with E-state index in [-0.39, 0.29) is 11.6 Å². The number of carbonyl (C=O) groups is 2. The Hall–Kier alpha value is -3.89. The van der Waals surface area contributed by atoms with Crippen LogP contribution in [0.3, 0.4) is 0 Å². The molecule has 7 heteroatoms. The van der Waals surface area contributed by atoms with Crippen LogP contribution in [0.4, 0.5) is 10.5 Å². The van der Waals surface area contributed by atoms with Gasteiger partial charge in [-0.15, -0.1) is 11.3 Å². The molecule has 1 aromatic heterocycles. The average molecular weight is 460 g/mol. The van der Waals surface area contributed by atoms with Crippen molar-refractivity contribution in [3.05, 3.63) is 87.6 Å². The third-order valence-electron chi connectivity index (χ3n) is 4.59. The van der Waals surface area contributed by atoms with Gasteiger partial charge in [-0.05, 0) is 42.8 Å². The first-order chi connectivity index (χ1) is 16.1. The number of unbranched alkanes of at least 4 members (excludes halogenated alkanes) is 1. The molecule has 0 spiro atoms. The van der Waals surface area contributed by atoms with Crippen LogP contribution in [-0.2, 0) is 4.74 Å². The third-order valence-corrected chi connectivity index (χ3v) is 5.59. The van der Waals surface area contributed by atoms with Crippen molar-refractivity contribution in [3.8, 4) is 11.8 Å². The van der Waals surface area contributed by atoms with E-state index in [1.165, 1.54) is 11.3 Å². The number of ether oxygens (including phenoxy) is 1. The lowest BCUT2D eigenvalue weighted by atomic mass is 10.1. The summed E-state index contributed by atoms with van der Waals surface area (Å²) in [6.45, 7) is 2.78. The summed E-state index contributed by atoms with van der Waals surface area (Å²) in [7, 11) is 0. The normalized spacial score (nSPS) is 9.97. The van der Waals surface area contributed by atoms with Crippen LogP contribution in [0.2, 0.25) is 0 Å². The first-order valence-corrected chi connectivity index (χ1v) is 11.4. The van der Waals surface area contributed by atoms with Crippen molar-refractivity contribution in [3.63, 3.8) is 0 Å². The van der Waals surface area contributed by atoms with Crippen LogP contribution in [0.25, 0.3) is 0 Å². The minimum Gasteiger partial charge on any atom is -0.449 e. The number of hydrogen-bond donors (Lipinski definition) is 3. The molecule has 3 rings (SSSR count). The summed E-state index contributed by atoms with van der Waals surface area (Å²) in [6, 6.07) is 20.0. The summed E-state index contributed by atoms with van der Waals surface area (Å²) < 4.78 is 5.00. The van der Waals surface area contributed by atoms with Crippen molar-refractivity contribution >= 4 is 34.7 Å².